The van der Waals surface area contributed by atoms with Crippen molar-refractivity contribution in [3.63, 3.8) is 0 Å². The minimum absolute atomic E-state index is 0. The Morgan fingerprint density at radius 2 is 2.07 bits per heavy atom. The standard InChI is InChI=1S/C10H14F2N2.ClH/c1-14(7-10(11)12)6-8-3-2-4-9(13)5-8;/h2-5,10H,6-7,13H2,1H3;1H. The number of halogens is 3. The Balaban J connectivity index is 0.00000196. The van der Waals surface area contributed by atoms with Gasteiger partial charge in [0.1, 0.15) is 0 Å². The van der Waals surface area contributed by atoms with Crippen molar-refractivity contribution >= 4 is 18.1 Å². The molecule has 86 valence electrons. The quantitative estimate of drug-likeness (QED) is 0.814. The van der Waals surface area contributed by atoms with Crippen LogP contribution in [0.25, 0.3) is 0 Å². The number of anilines is 1. The summed E-state index contributed by atoms with van der Waals surface area (Å²) in [5.41, 5.74) is 7.18. The highest BCUT2D eigenvalue weighted by Crippen LogP contribution is 2.09. The zero-order chi connectivity index (χ0) is 10.6. The Bertz CT molecular complexity index is 295. The van der Waals surface area contributed by atoms with Crippen molar-refractivity contribution < 1.29 is 8.78 Å². The van der Waals surface area contributed by atoms with Gasteiger partial charge in [-0.1, -0.05) is 12.1 Å². The lowest BCUT2D eigenvalue weighted by molar-refractivity contribution is 0.0976. The maximum absolute atomic E-state index is 12.0. The Labute approximate surface area is 94.5 Å². The average molecular weight is 237 g/mol. The first-order valence-corrected chi connectivity index (χ1v) is 4.39. The molecule has 15 heavy (non-hydrogen) atoms. The van der Waals surface area contributed by atoms with E-state index in [0.717, 1.165) is 5.56 Å². The summed E-state index contributed by atoms with van der Waals surface area (Å²) in [5.74, 6) is 0. The van der Waals surface area contributed by atoms with Gasteiger partial charge in [-0.25, -0.2) is 8.78 Å². The molecule has 0 unspecified atom stereocenters. The number of hydrogen-bond donors (Lipinski definition) is 1. The third-order valence-electron chi connectivity index (χ3n) is 1.85. The number of hydrogen-bond acceptors (Lipinski definition) is 2. The molecule has 2 nitrogen and oxygen atoms in total. The summed E-state index contributed by atoms with van der Waals surface area (Å²) < 4.78 is 24.0. The molecule has 0 aliphatic rings. The first-order valence-electron chi connectivity index (χ1n) is 4.39. The van der Waals surface area contributed by atoms with Gasteiger partial charge in [0.25, 0.3) is 6.43 Å². The average Bonchev–Trinajstić information content (AvgIpc) is 2.01. The number of alkyl halides is 2. The van der Waals surface area contributed by atoms with Gasteiger partial charge in [0, 0.05) is 12.2 Å². The van der Waals surface area contributed by atoms with Crippen LogP contribution < -0.4 is 5.73 Å². The van der Waals surface area contributed by atoms with E-state index in [-0.39, 0.29) is 19.0 Å². The second kappa shape index (κ2) is 6.58. The third kappa shape index (κ3) is 5.54. The lowest BCUT2D eigenvalue weighted by Crippen LogP contribution is -2.24. The van der Waals surface area contributed by atoms with Crippen LogP contribution in [0.15, 0.2) is 24.3 Å². The molecular formula is C10H15ClF2N2. The molecule has 0 fully saturated rings. The topological polar surface area (TPSA) is 29.3 Å². The van der Waals surface area contributed by atoms with Gasteiger partial charge in [-0.05, 0) is 24.7 Å². The number of nitrogens with two attached hydrogens (primary N) is 1. The van der Waals surface area contributed by atoms with Gasteiger partial charge in [-0.2, -0.15) is 0 Å². The fraction of sp³-hybridized carbons (Fsp3) is 0.400. The van der Waals surface area contributed by atoms with Gasteiger partial charge >= 0.3 is 0 Å². The van der Waals surface area contributed by atoms with E-state index in [1.54, 1.807) is 24.1 Å². The molecule has 0 atom stereocenters. The second-order valence-corrected chi connectivity index (χ2v) is 3.33. The van der Waals surface area contributed by atoms with Crippen LogP contribution in [0, 0.1) is 0 Å². The molecule has 0 aromatic heterocycles. The second-order valence-electron chi connectivity index (χ2n) is 3.33. The molecule has 0 radical (unpaired) electrons. The highest BCUT2D eigenvalue weighted by Gasteiger charge is 2.07. The summed E-state index contributed by atoms with van der Waals surface area (Å²) in [6, 6.07) is 7.26. The fourth-order valence-corrected chi connectivity index (χ4v) is 1.30. The van der Waals surface area contributed by atoms with E-state index in [1.807, 2.05) is 12.1 Å². The summed E-state index contributed by atoms with van der Waals surface area (Å²) in [5, 5.41) is 0. The molecule has 1 aromatic carbocycles. The summed E-state index contributed by atoms with van der Waals surface area (Å²) in [7, 11) is 1.66. The number of rotatable bonds is 4. The van der Waals surface area contributed by atoms with E-state index in [1.165, 1.54) is 0 Å². The maximum atomic E-state index is 12.0. The predicted octanol–water partition coefficient (Wildman–Crippen LogP) is 2.39. The van der Waals surface area contributed by atoms with Gasteiger partial charge in [0.15, 0.2) is 0 Å². The molecule has 0 saturated heterocycles. The first kappa shape index (κ1) is 14.1. The normalized spacial score (nSPS) is 10.5. The predicted molar refractivity (Wildman–Crippen MR) is 60.4 cm³/mol. The summed E-state index contributed by atoms with van der Waals surface area (Å²) >= 11 is 0. The van der Waals surface area contributed by atoms with Gasteiger partial charge in [0.05, 0.1) is 6.54 Å². The molecule has 0 bridgehead atoms. The van der Waals surface area contributed by atoms with Crippen LogP contribution in [0.5, 0.6) is 0 Å². The van der Waals surface area contributed by atoms with Crippen LogP contribution >= 0.6 is 12.4 Å². The number of benzene rings is 1. The van der Waals surface area contributed by atoms with E-state index in [4.69, 9.17) is 5.73 Å². The maximum Gasteiger partial charge on any atom is 0.251 e. The zero-order valence-corrected chi connectivity index (χ0v) is 9.31. The zero-order valence-electron chi connectivity index (χ0n) is 8.49. The molecule has 1 rings (SSSR count). The summed E-state index contributed by atoms with van der Waals surface area (Å²) in [4.78, 5) is 1.57. The van der Waals surface area contributed by atoms with Crippen LogP contribution in [-0.4, -0.2) is 24.9 Å². The SMILES string of the molecule is CN(Cc1cccc(N)c1)CC(F)F.Cl. The lowest BCUT2D eigenvalue weighted by Gasteiger charge is -2.15. The van der Waals surface area contributed by atoms with Crippen molar-refractivity contribution in [2.24, 2.45) is 0 Å². The molecule has 2 N–H and O–H groups in total. The molecule has 0 amide bonds. The van der Waals surface area contributed by atoms with Crippen LogP contribution in [-0.2, 0) is 6.54 Å². The number of nitrogen functional groups attached to an aromatic ring is 1. The van der Waals surface area contributed by atoms with Gasteiger partial charge < -0.3 is 5.73 Å². The van der Waals surface area contributed by atoms with E-state index in [2.05, 4.69) is 0 Å². The van der Waals surface area contributed by atoms with Crippen molar-refractivity contribution in [2.75, 3.05) is 19.3 Å². The Morgan fingerprint density at radius 3 is 2.60 bits per heavy atom. The van der Waals surface area contributed by atoms with E-state index >= 15 is 0 Å². The fourth-order valence-electron chi connectivity index (χ4n) is 1.30. The van der Waals surface area contributed by atoms with Crippen LogP contribution in [0.4, 0.5) is 14.5 Å². The molecule has 0 aliphatic heterocycles. The van der Waals surface area contributed by atoms with E-state index < -0.39 is 6.43 Å². The van der Waals surface area contributed by atoms with Gasteiger partial charge in [-0.15, -0.1) is 12.4 Å². The summed E-state index contributed by atoms with van der Waals surface area (Å²) in [6.07, 6.45) is -2.29. The van der Waals surface area contributed by atoms with Crippen molar-refractivity contribution in [3.05, 3.63) is 29.8 Å². The molecule has 0 spiro atoms. The largest absolute Gasteiger partial charge is 0.399 e. The van der Waals surface area contributed by atoms with Crippen LogP contribution in [0.2, 0.25) is 0 Å². The van der Waals surface area contributed by atoms with Crippen molar-refractivity contribution in [1.82, 2.24) is 4.90 Å². The Morgan fingerprint density at radius 1 is 1.40 bits per heavy atom. The summed E-state index contributed by atoms with van der Waals surface area (Å²) in [6.45, 7) is 0.282. The molecule has 0 saturated carbocycles. The van der Waals surface area contributed by atoms with Crippen molar-refractivity contribution in [2.45, 2.75) is 13.0 Å². The van der Waals surface area contributed by atoms with Gasteiger partial charge in [-0.3, -0.25) is 4.90 Å². The molecule has 0 heterocycles. The minimum atomic E-state index is -2.29. The highest BCUT2D eigenvalue weighted by atomic mass is 35.5. The molecular weight excluding hydrogens is 222 g/mol. The lowest BCUT2D eigenvalue weighted by atomic mass is 10.2. The first-order chi connectivity index (χ1) is 6.58. The van der Waals surface area contributed by atoms with Gasteiger partial charge in [0.2, 0.25) is 0 Å². The molecule has 0 aliphatic carbocycles. The van der Waals surface area contributed by atoms with E-state index in [0.29, 0.717) is 12.2 Å². The van der Waals surface area contributed by atoms with Crippen molar-refractivity contribution in [3.8, 4) is 0 Å². The third-order valence-corrected chi connectivity index (χ3v) is 1.85. The Kier molecular flexibility index (Phi) is 6.20. The number of nitrogens with zero attached hydrogens (tertiary/aromatic N) is 1. The highest BCUT2D eigenvalue weighted by molar-refractivity contribution is 5.85. The van der Waals surface area contributed by atoms with Crippen LogP contribution in [0.3, 0.4) is 0 Å². The molecule has 5 heteroatoms. The van der Waals surface area contributed by atoms with Crippen LogP contribution in [0.1, 0.15) is 5.56 Å². The van der Waals surface area contributed by atoms with Crippen molar-refractivity contribution in [1.29, 1.82) is 0 Å². The van der Waals surface area contributed by atoms with E-state index in [9.17, 15) is 8.78 Å². The molecule has 1 aromatic rings. The smallest absolute Gasteiger partial charge is 0.251 e. The monoisotopic (exact) mass is 236 g/mol. The Hall–Kier alpha value is -0.870. The minimum Gasteiger partial charge on any atom is -0.399 e.